The molecule has 1 aromatic heterocycles. The first-order valence-electron chi connectivity index (χ1n) is 10.3. The average molecular weight is 451 g/mol. The SMILES string of the molecule is COCOC(Cc1ccc(C(=O)O)cc1)n1cc(C#N)c2ccc(OCCNC(C)=O)cc21. The molecule has 0 aliphatic heterocycles. The number of carbonyl (C=O) groups excluding carboxylic acids is 1. The molecule has 9 heteroatoms. The van der Waals surface area contributed by atoms with E-state index < -0.39 is 12.2 Å². The third-order valence-corrected chi connectivity index (χ3v) is 4.97. The number of amides is 1. The van der Waals surface area contributed by atoms with Gasteiger partial charge in [0.25, 0.3) is 0 Å². The fourth-order valence-corrected chi connectivity index (χ4v) is 3.41. The maximum absolute atomic E-state index is 11.1. The first kappa shape index (κ1) is 23.8. The molecular weight excluding hydrogens is 426 g/mol. The number of nitrogens with zero attached hydrogens (tertiary/aromatic N) is 2. The van der Waals surface area contributed by atoms with E-state index in [1.807, 2.05) is 16.7 Å². The lowest BCUT2D eigenvalue weighted by molar-refractivity contribution is -0.119. The van der Waals surface area contributed by atoms with E-state index in [4.69, 9.17) is 19.3 Å². The lowest BCUT2D eigenvalue weighted by atomic mass is 10.1. The van der Waals surface area contributed by atoms with Crippen LogP contribution in [-0.4, -0.2) is 48.6 Å². The Hall–Kier alpha value is -3.87. The number of rotatable bonds is 11. The number of fused-ring (bicyclic) bond motifs is 1. The molecule has 0 spiro atoms. The average Bonchev–Trinajstić information content (AvgIpc) is 3.17. The summed E-state index contributed by atoms with van der Waals surface area (Å²) in [4.78, 5) is 22.2. The van der Waals surface area contributed by atoms with Crippen molar-refractivity contribution in [3.05, 3.63) is 65.4 Å². The Morgan fingerprint density at radius 2 is 1.97 bits per heavy atom. The molecule has 1 unspecified atom stereocenters. The number of ether oxygens (including phenoxy) is 3. The normalized spacial score (nSPS) is 11.7. The van der Waals surface area contributed by atoms with E-state index in [0.29, 0.717) is 30.9 Å². The van der Waals surface area contributed by atoms with Gasteiger partial charge in [-0.25, -0.2) is 4.79 Å². The third kappa shape index (κ3) is 6.10. The number of carbonyl (C=O) groups is 2. The Balaban J connectivity index is 1.91. The zero-order chi connectivity index (χ0) is 23.8. The minimum Gasteiger partial charge on any atom is -0.492 e. The number of aromatic nitrogens is 1. The summed E-state index contributed by atoms with van der Waals surface area (Å²) in [5.41, 5.74) is 2.30. The number of aromatic carboxylic acids is 1. The van der Waals surface area contributed by atoms with Crippen LogP contribution in [-0.2, 0) is 20.7 Å². The van der Waals surface area contributed by atoms with Gasteiger partial charge in [-0.05, 0) is 29.8 Å². The van der Waals surface area contributed by atoms with Gasteiger partial charge in [0.2, 0.25) is 5.91 Å². The van der Waals surface area contributed by atoms with Crippen molar-refractivity contribution in [2.45, 2.75) is 19.6 Å². The number of benzene rings is 2. The van der Waals surface area contributed by atoms with E-state index in [1.54, 1.807) is 36.5 Å². The van der Waals surface area contributed by atoms with E-state index in [-0.39, 0.29) is 18.3 Å². The summed E-state index contributed by atoms with van der Waals surface area (Å²) in [6.07, 6.45) is 1.63. The zero-order valence-corrected chi connectivity index (χ0v) is 18.4. The van der Waals surface area contributed by atoms with Crippen LogP contribution in [0.1, 0.15) is 34.6 Å². The van der Waals surface area contributed by atoms with Gasteiger partial charge in [-0.15, -0.1) is 0 Å². The van der Waals surface area contributed by atoms with Crippen molar-refractivity contribution >= 4 is 22.8 Å². The number of methoxy groups -OCH3 is 1. The Morgan fingerprint density at radius 3 is 2.61 bits per heavy atom. The van der Waals surface area contributed by atoms with Gasteiger partial charge < -0.3 is 29.2 Å². The van der Waals surface area contributed by atoms with Crippen molar-refractivity contribution in [3.8, 4) is 11.8 Å². The molecular formula is C24H25N3O6. The van der Waals surface area contributed by atoms with Crippen LogP contribution in [0.5, 0.6) is 5.75 Å². The molecule has 0 aliphatic carbocycles. The van der Waals surface area contributed by atoms with Crippen LogP contribution in [0.3, 0.4) is 0 Å². The third-order valence-electron chi connectivity index (χ3n) is 4.97. The molecule has 0 saturated heterocycles. The standard InChI is InChI=1S/C24H25N3O6/c1-16(28)26-9-10-32-20-7-8-21-19(13-25)14-27(22(21)12-20)23(33-15-31-2)11-17-3-5-18(6-4-17)24(29)30/h3-8,12,14,23H,9-11,15H2,1-2H3,(H,26,28)(H,29,30). The molecule has 1 amide bonds. The number of carboxylic acids is 1. The van der Waals surface area contributed by atoms with Crippen LogP contribution in [0, 0.1) is 11.3 Å². The maximum Gasteiger partial charge on any atom is 0.335 e. The molecule has 1 atom stereocenters. The summed E-state index contributed by atoms with van der Waals surface area (Å²) in [7, 11) is 1.52. The largest absolute Gasteiger partial charge is 0.492 e. The van der Waals surface area contributed by atoms with E-state index in [0.717, 1.165) is 16.5 Å². The Morgan fingerprint density at radius 1 is 1.21 bits per heavy atom. The van der Waals surface area contributed by atoms with Crippen LogP contribution in [0.25, 0.3) is 10.9 Å². The van der Waals surface area contributed by atoms with Crippen LogP contribution < -0.4 is 10.1 Å². The van der Waals surface area contributed by atoms with E-state index >= 15 is 0 Å². The maximum atomic E-state index is 11.1. The van der Waals surface area contributed by atoms with Crippen molar-refractivity contribution in [2.75, 3.05) is 27.1 Å². The molecule has 2 N–H and O–H groups in total. The second-order valence-corrected chi connectivity index (χ2v) is 7.31. The first-order valence-corrected chi connectivity index (χ1v) is 10.3. The molecule has 0 radical (unpaired) electrons. The second-order valence-electron chi connectivity index (χ2n) is 7.31. The summed E-state index contributed by atoms with van der Waals surface area (Å²) < 4.78 is 18.6. The minimum atomic E-state index is -0.991. The molecule has 9 nitrogen and oxygen atoms in total. The Kier molecular flexibility index (Phi) is 8.02. The molecule has 0 bridgehead atoms. The van der Waals surface area contributed by atoms with Gasteiger partial charge in [0.15, 0.2) is 0 Å². The molecule has 0 fully saturated rings. The van der Waals surface area contributed by atoms with E-state index in [2.05, 4.69) is 11.4 Å². The quantitative estimate of drug-likeness (QED) is 0.339. The highest BCUT2D eigenvalue weighted by Gasteiger charge is 2.19. The second kappa shape index (κ2) is 11.1. The summed E-state index contributed by atoms with van der Waals surface area (Å²) in [5, 5.41) is 22.2. The van der Waals surface area contributed by atoms with Crippen molar-refractivity contribution in [2.24, 2.45) is 0 Å². The molecule has 0 aliphatic rings. The number of nitriles is 1. The highest BCUT2D eigenvalue weighted by atomic mass is 16.7. The fraction of sp³-hybridized carbons (Fsp3) is 0.292. The van der Waals surface area contributed by atoms with Crippen molar-refractivity contribution in [1.82, 2.24) is 9.88 Å². The van der Waals surface area contributed by atoms with Gasteiger partial charge >= 0.3 is 5.97 Å². The van der Waals surface area contributed by atoms with Gasteiger partial charge in [0.1, 0.15) is 31.4 Å². The van der Waals surface area contributed by atoms with Gasteiger partial charge in [0, 0.05) is 38.1 Å². The number of hydrogen-bond donors (Lipinski definition) is 2. The lowest BCUT2D eigenvalue weighted by Crippen LogP contribution is -2.25. The minimum absolute atomic E-state index is 0.0341. The van der Waals surface area contributed by atoms with Crippen LogP contribution in [0.2, 0.25) is 0 Å². The van der Waals surface area contributed by atoms with Crippen LogP contribution in [0.4, 0.5) is 0 Å². The predicted molar refractivity (Wildman–Crippen MR) is 120 cm³/mol. The number of hydrogen-bond acceptors (Lipinski definition) is 6. The highest BCUT2D eigenvalue weighted by molar-refractivity contribution is 5.88. The van der Waals surface area contributed by atoms with Gasteiger partial charge in [-0.1, -0.05) is 12.1 Å². The molecule has 33 heavy (non-hydrogen) atoms. The van der Waals surface area contributed by atoms with E-state index in [9.17, 15) is 14.9 Å². The monoisotopic (exact) mass is 451 g/mol. The Bertz CT molecular complexity index is 1160. The van der Waals surface area contributed by atoms with Crippen LogP contribution in [0.15, 0.2) is 48.7 Å². The van der Waals surface area contributed by atoms with Crippen molar-refractivity contribution in [3.63, 3.8) is 0 Å². The van der Waals surface area contributed by atoms with Crippen molar-refractivity contribution in [1.29, 1.82) is 5.26 Å². The summed E-state index contributed by atoms with van der Waals surface area (Å²) in [6.45, 7) is 2.16. The van der Waals surface area contributed by atoms with Gasteiger partial charge in [-0.2, -0.15) is 5.26 Å². The van der Waals surface area contributed by atoms with Crippen LogP contribution >= 0.6 is 0 Å². The highest BCUT2D eigenvalue weighted by Crippen LogP contribution is 2.30. The Labute approximate surface area is 191 Å². The number of carboxylic acid groups (broad SMARTS) is 1. The van der Waals surface area contributed by atoms with E-state index in [1.165, 1.54) is 14.0 Å². The summed E-state index contributed by atoms with van der Waals surface area (Å²) >= 11 is 0. The van der Waals surface area contributed by atoms with Crippen molar-refractivity contribution < 1.29 is 28.9 Å². The number of nitrogens with one attached hydrogen (secondary N) is 1. The smallest absolute Gasteiger partial charge is 0.335 e. The topological polar surface area (TPSA) is 123 Å². The van der Waals surface area contributed by atoms with Gasteiger partial charge in [-0.3, -0.25) is 4.79 Å². The zero-order valence-electron chi connectivity index (χ0n) is 18.4. The molecule has 172 valence electrons. The summed E-state index contributed by atoms with van der Waals surface area (Å²) in [6, 6.07) is 14.2. The molecule has 3 aromatic rings. The predicted octanol–water partition coefficient (Wildman–Crippen LogP) is 3.09. The fourth-order valence-electron chi connectivity index (χ4n) is 3.41. The molecule has 1 heterocycles. The molecule has 3 rings (SSSR count). The molecule has 0 saturated carbocycles. The molecule has 2 aromatic carbocycles. The first-order chi connectivity index (χ1) is 15.9. The van der Waals surface area contributed by atoms with Gasteiger partial charge in [0.05, 0.1) is 23.2 Å². The summed E-state index contributed by atoms with van der Waals surface area (Å²) in [5.74, 6) is -0.529. The lowest BCUT2D eigenvalue weighted by Gasteiger charge is -2.21.